The molecule has 0 atom stereocenters. The lowest BCUT2D eigenvalue weighted by molar-refractivity contribution is -0.00000665. The van der Waals surface area contributed by atoms with Crippen molar-refractivity contribution >= 4 is 23.2 Å². The van der Waals surface area contributed by atoms with Crippen LogP contribution in [-0.4, -0.2) is 13.3 Å². The molecule has 0 saturated carbocycles. The molecular weight excluding hydrogens is 470 g/mol. The van der Waals surface area contributed by atoms with Crippen molar-refractivity contribution in [2.24, 2.45) is 0 Å². The van der Waals surface area contributed by atoms with Crippen molar-refractivity contribution in [3.05, 3.63) is 121 Å². The van der Waals surface area contributed by atoms with E-state index in [1.165, 1.54) is 16.2 Å². The minimum atomic E-state index is -2.10. The van der Waals surface area contributed by atoms with Gasteiger partial charge in [-0.15, -0.1) is 0 Å². The zero-order valence-electron chi connectivity index (χ0n) is 17.2. The largest absolute Gasteiger partial charge is 1.00 e. The SMILES string of the molecule is FCCOc1ccccc1[P+](Cc1ccccc1)(c1ccccc1)c1ccccc1.[Br-]. The van der Waals surface area contributed by atoms with E-state index in [1.54, 1.807) is 0 Å². The van der Waals surface area contributed by atoms with Crippen molar-refractivity contribution in [3.63, 3.8) is 0 Å². The summed E-state index contributed by atoms with van der Waals surface area (Å²) in [7, 11) is -2.10. The number of ether oxygens (including phenoxy) is 1. The second-order valence-corrected chi connectivity index (χ2v) is 10.6. The first-order valence-corrected chi connectivity index (χ1v) is 12.1. The van der Waals surface area contributed by atoms with E-state index in [4.69, 9.17) is 4.74 Å². The van der Waals surface area contributed by atoms with Crippen LogP contribution in [0, 0.1) is 0 Å². The summed E-state index contributed by atoms with van der Waals surface area (Å²) in [5.41, 5.74) is 1.28. The number of alkyl halides is 1. The Hall–Kier alpha value is -2.48. The molecule has 4 rings (SSSR count). The number of para-hydroxylation sites is 1. The van der Waals surface area contributed by atoms with Gasteiger partial charge in [0.1, 0.15) is 36.5 Å². The highest BCUT2D eigenvalue weighted by molar-refractivity contribution is 7.95. The minimum Gasteiger partial charge on any atom is -1.00 e. The summed E-state index contributed by atoms with van der Waals surface area (Å²) < 4.78 is 18.9. The summed E-state index contributed by atoms with van der Waals surface area (Å²) in [6.45, 7) is -0.443. The molecule has 0 fully saturated rings. The first-order chi connectivity index (χ1) is 14.8. The molecule has 4 aromatic rings. The van der Waals surface area contributed by atoms with Gasteiger partial charge in [0.2, 0.25) is 0 Å². The molecule has 1 nitrogen and oxygen atoms in total. The topological polar surface area (TPSA) is 9.23 Å². The molecule has 0 heterocycles. The lowest BCUT2D eigenvalue weighted by atomic mass is 10.2. The molecule has 0 bridgehead atoms. The van der Waals surface area contributed by atoms with Crippen LogP contribution in [0.1, 0.15) is 5.56 Å². The lowest BCUT2D eigenvalue weighted by Gasteiger charge is -2.29. The minimum absolute atomic E-state index is 0. The first-order valence-electron chi connectivity index (χ1n) is 10.2. The zero-order chi connectivity index (χ0) is 20.7. The van der Waals surface area contributed by atoms with Crippen LogP contribution in [0.3, 0.4) is 0 Å². The molecule has 0 aliphatic carbocycles. The fourth-order valence-corrected chi connectivity index (χ4v) is 8.33. The Kier molecular flexibility index (Phi) is 8.40. The van der Waals surface area contributed by atoms with Crippen molar-refractivity contribution < 1.29 is 26.1 Å². The molecule has 4 aromatic carbocycles. The van der Waals surface area contributed by atoms with E-state index >= 15 is 0 Å². The lowest BCUT2D eigenvalue weighted by Crippen LogP contribution is -3.00. The smallest absolute Gasteiger partial charge is 0.162 e. The summed E-state index contributed by atoms with van der Waals surface area (Å²) in [5.74, 6) is 0.770. The van der Waals surface area contributed by atoms with E-state index in [-0.39, 0.29) is 23.6 Å². The molecule has 0 spiro atoms. The maximum atomic E-state index is 13.0. The quantitative estimate of drug-likeness (QED) is 0.342. The van der Waals surface area contributed by atoms with Gasteiger partial charge in [-0.25, -0.2) is 4.39 Å². The van der Waals surface area contributed by atoms with Gasteiger partial charge in [-0.05, 0) is 42.0 Å². The zero-order valence-corrected chi connectivity index (χ0v) is 19.7. The van der Waals surface area contributed by atoms with Crippen LogP contribution < -0.4 is 37.6 Å². The molecule has 0 N–H and O–H groups in total. The van der Waals surface area contributed by atoms with Gasteiger partial charge in [0.15, 0.2) is 5.75 Å². The van der Waals surface area contributed by atoms with Crippen molar-refractivity contribution in [1.82, 2.24) is 0 Å². The van der Waals surface area contributed by atoms with Crippen LogP contribution in [0.4, 0.5) is 4.39 Å². The standard InChI is InChI=1S/C27H25FOP.BrH/c28-20-21-29-26-18-10-11-19-27(26)30(24-14-6-2-7-15-24,25-16-8-3-9-17-25)22-23-12-4-1-5-13-23;/h1-19H,20-22H2;1H/q+1;/p-1. The number of rotatable bonds is 8. The molecule has 0 aliphatic rings. The van der Waals surface area contributed by atoms with Gasteiger partial charge in [-0.2, -0.15) is 0 Å². The molecule has 0 amide bonds. The first kappa shape index (κ1) is 23.2. The Morgan fingerprint density at radius 1 is 0.613 bits per heavy atom. The Bertz CT molecular complexity index is 1020. The second kappa shape index (κ2) is 11.2. The van der Waals surface area contributed by atoms with E-state index in [2.05, 4.69) is 97.1 Å². The Balaban J connectivity index is 0.00000272. The van der Waals surface area contributed by atoms with Crippen molar-refractivity contribution in [3.8, 4) is 5.75 Å². The van der Waals surface area contributed by atoms with Gasteiger partial charge in [0.05, 0.1) is 6.16 Å². The van der Waals surface area contributed by atoms with Gasteiger partial charge >= 0.3 is 0 Å². The molecule has 0 radical (unpaired) electrons. The normalized spacial score (nSPS) is 10.9. The number of benzene rings is 4. The summed E-state index contributed by atoms with van der Waals surface area (Å²) in [5, 5.41) is 3.73. The summed E-state index contributed by atoms with van der Waals surface area (Å²) >= 11 is 0. The van der Waals surface area contributed by atoms with Gasteiger partial charge in [-0.1, -0.05) is 78.9 Å². The van der Waals surface area contributed by atoms with Crippen LogP contribution in [-0.2, 0) is 6.16 Å². The van der Waals surface area contributed by atoms with Crippen molar-refractivity contribution in [1.29, 1.82) is 0 Å². The molecule has 0 saturated heterocycles. The van der Waals surface area contributed by atoms with Gasteiger partial charge < -0.3 is 21.7 Å². The summed E-state index contributed by atoms with van der Waals surface area (Å²) in [6, 6.07) is 40.1. The Labute approximate surface area is 195 Å². The van der Waals surface area contributed by atoms with Crippen molar-refractivity contribution in [2.45, 2.75) is 6.16 Å². The predicted molar refractivity (Wildman–Crippen MR) is 127 cm³/mol. The molecule has 4 heteroatoms. The van der Waals surface area contributed by atoms with E-state index in [0.717, 1.165) is 17.2 Å². The Morgan fingerprint density at radius 2 is 1.10 bits per heavy atom. The third-order valence-electron chi connectivity index (χ3n) is 5.27. The van der Waals surface area contributed by atoms with Crippen LogP contribution >= 0.6 is 7.26 Å². The average Bonchev–Trinajstić information content (AvgIpc) is 2.83. The van der Waals surface area contributed by atoms with E-state index in [1.807, 2.05) is 18.2 Å². The molecule has 0 aromatic heterocycles. The Morgan fingerprint density at radius 3 is 1.65 bits per heavy atom. The third kappa shape index (κ3) is 5.06. The van der Waals surface area contributed by atoms with Crippen LogP contribution in [0.25, 0.3) is 0 Å². The van der Waals surface area contributed by atoms with Crippen molar-refractivity contribution in [2.75, 3.05) is 13.3 Å². The monoisotopic (exact) mass is 494 g/mol. The summed E-state index contributed by atoms with van der Waals surface area (Å²) in [6.07, 6.45) is 0.873. The van der Waals surface area contributed by atoms with Gasteiger partial charge in [0.25, 0.3) is 0 Å². The molecule has 158 valence electrons. The van der Waals surface area contributed by atoms with E-state index < -0.39 is 13.9 Å². The molecule has 0 aliphatic heterocycles. The maximum Gasteiger partial charge on any atom is 0.162 e. The molecular formula is C27H25BrFOP. The fourth-order valence-electron chi connectivity index (χ4n) is 3.96. The number of halogens is 2. The molecule has 31 heavy (non-hydrogen) atoms. The molecule has 0 unspecified atom stereocenters. The number of hydrogen-bond acceptors (Lipinski definition) is 1. The summed E-state index contributed by atoms with van der Waals surface area (Å²) in [4.78, 5) is 0. The highest BCUT2D eigenvalue weighted by Gasteiger charge is 2.47. The van der Waals surface area contributed by atoms with Gasteiger partial charge in [-0.3, -0.25) is 0 Å². The number of hydrogen-bond donors (Lipinski definition) is 0. The van der Waals surface area contributed by atoms with E-state index in [9.17, 15) is 4.39 Å². The third-order valence-corrected chi connectivity index (χ3v) is 9.66. The second-order valence-electron chi connectivity index (χ2n) is 7.13. The maximum absolute atomic E-state index is 13.0. The van der Waals surface area contributed by atoms with Crippen LogP contribution in [0.15, 0.2) is 115 Å². The van der Waals surface area contributed by atoms with E-state index in [0.29, 0.717) is 0 Å². The predicted octanol–water partition coefficient (Wildman–Crippen LogP) is 2.53. The van der Waals surface area contributed by atoms with Gasteiger partial charge in [0, 0.05) is 0 Å². The average molecular weight is 495 g/mol. The van der Waals surface area contributed by atoms with Crippen LogP contribution in [0.2, 0.25) is 0 Å². The highest BCUT2D eigenvalue weighted by atomic mass is 79.9. The highest BCUT2D eigenvalue weighted by Crippen LogP contribution is 2.59. The fraction of sp³-hybridized carbons (Fsp3) is 0.111. The van der Waals surface area contributed by atoms with Crippen LogP contribution in [0.5, 0.6) is 5.75 Å².